The lowest BCUT2D eigenvalue weighted by molar-refractivity contribution is 0.0600. The first-order chi connectivity index (χ1) is 17.5. The summed E-state index contributed by atoms with van der Waals surface area (Å²) in [6, 6.07) is 25.8. The molecule has 0 spiro atoms. The third-order valence-electron chi connectivity index (χ3n) is 6.73. The fourth-order valence-corrected chi connectivity index (χ4v) is 5.41. The number of nitrogens with one attached hydrogen (secondary N) is 1. The first-order valence-electron chi connectivity index (χ1n) is 11.9. The second-order valence-electron chi connectivity index (χ2n) is 8.91. The van der Waals surface area contributed by atoms with Gasteiger partial charge in [0, 0.05) is 24.1 Å². The van der Waals surface area contributed by atoms with Gasteiger partial charge >= 0.3 is 5.97 Å². The van der Waals surface area contributed by atoms with Crippen molar-refractivity contribution >= 4 is 23.3 Å². The number of rotatable bonds is 6. The van der Waals surface area contributed by atoms with E-state index in [1.54, 1.807) is 6.07 Å². The molecule has 0 bridgehead atoms. The van der Waals surface area contributed by atoms with E-state index in [0.29, 0.717) is 17.2 Å². The highest BCUT2D eigenvalue weighted by Crippen LogP contribution is 2.42. The predicted molar refractivity (Wildman–Crippen MR) is 144 cm³/mol. The number of hydrogen-bond donors (Lipinski definition) is 1. The number of benzene rings is 2. The Labute approximate surface area is 216 Å². The SMILES string of the molecule is COC(=O)c1ccccc1-n1c(C)cc([C@H]2[C@@H](c3ccccn3)NC(=S)N2Cc2ccccc2)c1C. The van der Waals surface area contributed by atoms with Gasteiger partial charge in [0.25, 0.3) is 0 Å². The van der Waals surface area contributed by atoms with Crippen LogP contribution < -0.4 is 5.32 Å². The summed E-state index contributed by atoms with van der Waals surface area (Å²) in [6.07, 6.45) is 1.81. The van der Waals surface area contributed by atoms with Crippen molar-refractivity contribution in [1.29, 1.82) is 0 Å². The molecule has 36 heavy (non-hydrogen) atoms. The molecule has 3 heterocycles. The number of para-hydroxylation sites is 1. The molecule has 182 valence electrons. The Morgan fingerprint density at radius 2 is 1.75 bits per heavy atom. The Kier molecular flexibility index (Phi) is 6.57. The maximum absolute atomic E-state index is 12.5. The molecule has 7 heteroatoms. The fourth-order valence-electron chi connectivity index (χ4n) is 5.10. The Bertz CT molecular complexity index is 1400. The molecule has 1 aliphatic rings. The first kappa shape index (κ1) is 23.8. The number of methoxy groups -OCH3 is 1. The number of aromatic nitrogens is 2. The predicted octanol–water partition coefficient (Wildman–Crippen LogP) is 5.45. The molecule has 1 aliphatic heterocycles. The molecule has 2 aromatic carbocycles. The average molecular weight is 497 g/mol. The smallest absolute Gasteiger partial charge is 0.339 e. The van der Waals surface area contributed by atoms with Crippen LogP contribution in [0.2, 0.25) is 0 Å². The maximum atomic E-state index is 12.5. The lowest BCUT2D eigenvalue weighted by atomic mass is 9.96. The van der Waals surface area contributed by atoms with E-state index in [9.17, 15) is 4.79 Å². The Morgan fingerprint density at radius 3 is 2.47 bits per heavy atom. The highest BCUT2D eigenvalue weighted by Gasteiger charge is 2.41. The third kappa shape index (κ3) is 4.27. The van der Waals surface area contributed by atoms with Crippen molar-refractivity contribution in [3.63, 3.8) is 0 Å². The summed E-state index contributed by atoms with van der Waals surface area (Å²) < 4.78 is 7.19. The molecular weight excluding hydrogens is 468 g/mol. The molecular formula is C29H28N4O2S. The molecule has 0 aliphatic carbocycles. The standard InChI is InChI=1S/C29H28N4O2S/c1-19-17-23(20(2)33(19)25-15-8-7-13-22(25)28(34)35-3)27-26(24-14-9-10-16-30-24)31-29(36)32(27)18-21-11-5-4-6-12-21/h4-17,26-27H,18H2,1-3H3,(H,31,36)/t26-,27+/m1/s1. The van der Waals surface area contributed by atoms with Gasteiger partial charge in [-0.25, -0.2) is 4.79 Å². The number of thiocarbonyl (C=S) groups is 1. The molecule has 2 atom stereocenters. The molecule has 1 N–H and O–H groups in total. The van der Waals surface area contributed by atoms with E-state index in [1.807, 2.05) is 60.8 Å². The van der Waals surface area contributed by atoms with Gasteiger partial charge in [-0.2, -0.15) is 0 Å². The maximum Gasteiger partial charge on any atom is 0.339 e. The Hall–Kier alpha value is -3.97. The molecule has 0 unspecified atom stereocenters. The van der Waals surface area contributed by atoms with Gasteiger partial charge in [0.1, 0.15) is 0 Å². The van der Waals surface area contributed by atoms with Crippen molar-refractivity contribution in [2.24, 2.45) is 0 Å². The van der Waals surface area contributed by atoms with E-state index >= 15 is 0 Å². The van der Waals surface area contributed by atoms with Crippen LogP contribution in [0.1, 0.15) is 50.7 Å². The number of esters is 1. The van der Waals surface area contributed by atoms with Gasteiger partial charge in [0.2, 0.25) is 0 Å². The lowest BCUT2D eigenvalue weighted by Gasteiger charge is -2.28. The molecule has 0 saturated carbocycles. The average Bonchev–Trinajstić information content (AvgIpc) is 3.39. The van der Waals surface area contributed by atoms with E-state index in [-0.39, 0.29) is 18.1 Å². The highest BCUT2D eigenvalue weighted by atomic mass is 32.1. The molecule has 2 aromatic heterocycles. The van der Waals surface area contributed by atoms with Gasteiger partial charge in [0.15, 0.2) is 5.11 Å². The lowest BCUT2D eigenvalue weighted by Crippen LogP contribution is -2.29. The van der Waals surface area contributed by atoms with Crippen LogP contribution >= 0.6 is 12.2 Å². The van der Waals surface area contributed by atoms with Crippen molar-refractivity contribution in [3.8, 4) is 5.69 Å². The van der Waals surface area contributed by atoms with E-state index in [2.05, 4.69) is 51.8 Å². The third-order valence-corrected chi connectivity index (χ3v) is 7.09. The second kappa shape index (κ2) is 9.95. The molecule has 4 aromatic rings. The van der Waals surface area contributed by atoms with E-state index in [4.69, 9.17) is 17.0 Å². The minimum atomic E-state index is -0.361. The van der Waals surface area contributed by atoms with Gasteiger partial charge < -0.3 is 19.5 Å². The summed E-state index contributed by atoms with van der Waals surface area (Å²) in [6.45, 7) is 4.82. The number of aryl methyl sites for hydroxylation is 1. The summed E-state index contributed by atoms with van der Waals surface area (Å²) in [5, 5.41) is 4.23. The van der Waals surface area contributed by atoms with E-state index in [1.165, 1.54) is 12.7 Å². The number of nitrogens with zero attached hydrogens (tertiary/aromatic N) is 3. The quantitative estimate of drug-likeness (QED) is 0.283. The Morgan fingerprint density at radius 1 is 1.03 bits per heavy atom. The van der Waals surface area contributed by atoms with Crippen molar-refractivity contribution in [1.82, 2.24) is 19.8 Å². The number of carbonyl (C=O) groups is 1. The van der Waals surface area contributed by atoms with E-state index < -0.39 is 0 Å². The molecule has 0 radical (unpaired) electrons. The van der Waals surface area contributed by atoms with Crippen LogP contribution in [0.25, 0.3) is 5.69 Å². The topological polar surface area (TPSA) is 59.4 Å². The van der Waals surface area contributed by atoms with Crippen molar-refractivity contribution < 1.29 is 9.53 Å². The van der Waals surface area contributed by atoms with Crippen LogP contribution in [0.5, 0.6) is 0 Å². The Balaban J connectivity index is 1.64. The molecule has 0 amide bonds. The monoisotopic (exact) mass is 496 g/mol. The number of carbonyl (C=O) groups excluding carboxylic acids is 1. The largest absolute Gasteiger partial charge is 0.465 e. The van der Waals surface area contributed by atoms with Crippen LogP contribution in [-0.2, 0) is 11.3 Å². The summed E-state index contributed by atoms with van der Waals surface area (Å²) in [4.78, 5) is 19.4. The van der Waals surface area contributed by atoms with Gasteiger partial charge in [-0.3, -0.25) is 4.98 Å². The normalized spacial score (nSPS) is 17.2. The van der Waals surface area contributed by atoms with Gasteiger partial charge in [-0.1, -0.05) is 48.5 Å². The van der Waals surface area contributed by atoms with Gasteiger partial charge in [0.05, 0.1) is 36.1 Å². The van der Waals surface area contributed by atoms with Gasteiger partial charge in [-0.05, 0) is 67.5 Å². The van der Waals surface area contributed by atoms with E-state index in [0.717, 1.165) is 28.3 Å². The minimum absolute atomic E-state index is 0.0853. The molecule has 1 fully saturated rings. The molecule has 5 rings (SSSR count). The zero-order valence-electron chi connectivity index (χ0n) is 20.5. The van der Waals surface area contributed by atoms with Crippen molar-refractivity contribution in [3.05, 3.63) is 119 Å². The van der Waals surface area contributed by atoms with Crippen molar-refractivity contribution in [2.75, 3.05) is 7.11 Å². The van der Waals surface area contributed by atoms with Crippen LogP contribution in [0.15, 0.2) is 85.1 Å². The fraction of sp³-hybridized carbons (Fsp3) is 0.207. The van der Waals surface area contributed by atoms with Crippen LogP contribution in [0, 0.1) is 13.8 Å². The van der Waals surface area contributed by atoms with Crippen LogP contribution in [-0.4, -0.2) is 32.6 Å². The van der Waals surface area contributed by atoms with Crippen LogP contribution in [0.4, 0.5) is 0 Å². The number of ether oxygens (including phenoxy) is 1. The molecule has 1 saturated heterocycles. The molecule has 6 nitrogen and oxygen atoms in total. The summed E-state index contributed by atoms with van der Waals surface area (Å²) >= 11 is 5.86. The zero-order valence-corrected chi connectivity index (χ0v) is 21.3. The zero-order chi connectivity index (χ0) is 25.2. The number of pyridine rings is 1. The van der Waals surface area contributed by atoms with Crippen molar-refractivity contribution in [2.45, 2.75) is 32.5 Å². The minimum Gasteiger partial charge on any atom is -0.465 e. The second-order valence-corrected chi connectivity index (χ2v) is 9.30. The summed E-state index contributed by atoms with van der Waals surface area (Å²) in [7, 11) is 1.41. The highest BCUT2D eigenvalue weighted by molar-refractivity contribution is 7.80. The summed E-state index contributed by atoms with van der Waals surface area (Å²) in [5.41, 5.74) is 6.62. The van der Waals surface area contributed by atoms with Crippen LogP contribution in [0.3, 0.4) is 0 Å². The number of hydrogen-bond acceptors (Lipinski definition) is 4. The first-order valence-corrected chi connectivity index (χ1v) is 12.3. The van der Waals surface area contributed by atoms with Gasteiger partial charge in [-0.15, -0.1) is 0 Å². The summed E-state index contributed by atoms with van der Waals surface area (Å²) in [5.74, 6) is -0.361.